The Morgan fingerprint density at radius 2 is 1.20 bits per heavy atom. The molecule has 0 heterocycles. The van der Waals surface area contributed by atoms with E-state index in [1.807, 2.05) is 20.3 Å². The summed E-state index contributed by atoms with van der Waals surface area (Å²) in [4.78, 5) is 0. The van der Waals surface area contributed by atoms with E-state index in [0.717, 1.165) is 0 Å². The maximum Gasteiger partial charge on any atom is 2.00 e. The Morgan fingerprint density at radius 1 is 1.20 bits per heavy atom. The average Bonchev–Trinajstić information content (AvgIpc) is 0.918. The van der Waals surface area contributed by atoms with Crippen LogP contribution in [0.2, 0.25) is 0 Å². The van der Waals surface area contributed by atoms with Crippen molar-refractivity contribution in [1.82, 2.24) is 0 Å². The summed E-state index contributed by atoms with van der Waals surface area (Å²) in [6.45, 7) is 4.00. The first-order valence-corrected chi connectivity index (χ1v) is 1.15. The summed E-state index contributed by atoms with van der Waals surface area (Å²) in [7, 11) is 0. The fourth-order valence-corrected chi connectivity index (χ4v) is 0. The molecule has 0 fully saturated rings. The van der Waals surface area contributed by atoms with Crippen LogP contribution in [0.1, 0.15) is 13.8 Å². The molecule has 0 saturated carbocycles. The van der Waals surface area contributed by atoms with E-state index in [2.05, 4.69) is 0 Å². The molecule has 0 bridgehead atoms. The first-order chi connectivity index (χ1) is 1.41. The van der Waals surface area contributed by atoms with Gasteiger partial charge in [0.05, 0.1) is 0 Å². The Hall–Kier alpha value is 0.648. The minimum Gasteiger partial charge on any atom is -0.693 e. The molecule has 0 unspecified atom stereocenters. The summed E-state index contributed by atoms with van der Waals surface area (Å²) in [6.07, 6.45) is 2.00. The van der Waals surface area contributed by atoms with Gasteiger partial charge in [-0.15, -0.1) is 0 Å². The molecule has 0 aliphatic heterocycles. The van der Waals surface area contributed by atoms with Crippen LogP contribution in [-0.2, 0) is 21.1 Å². The average molecular weight is 243 g/mol. The van der Waals surface area contributed by atoms with Crippen molar-refractivity contribution >= 4 is 0 Å². The van der Waals surface area contributed by atoms with Gasteiger partial charge in [0, 0.05) is 0 Å². The molecule has 2 heteroatoms. The Kier molecular flexibility index (Phi) is 79.3. The van der Waals surface area contributed by atoms with Crippen LogP contribution in [0, 0.1) is 6.42 Å². The largest absolute Gasteiger partial charge is 2.00 e. The standard InChI is InChI=1S/C3H7.H2N.W/c1-3-2;;/h3H,1-2H3;1H2;/q2*-1;+2. The predicted molar refractivity (Wildman–Crippen MR) is 20.9 cm³/mol. The third-order valence-corrected chi connectivity index (χ3v) is 0. The van der Waals surface area contributed by atoms with Crippen molar-refractivity contribution < 1.29 is 21.1 Å². The zero-order valence-electron chi connectivity index (χ0n) is 3.56. The van der Waals surface area contributed by atoms with Crippen LogP contribution >= 0.6 is 0 Å². The molecule has 2 N–H and O–H groups in total. The van der Waals surface area contributed by atoms with Gasteiger partial charge in [-0.25, -0.2) is 0 Å². The summed E-state index contributed by atoms with van der Waals surface area (Å²) >= 11 is 0. The molecule has 0 aliphatic rings. The van der Waals surface area contributed by atoms with E-state index in [1.165, 1.54) is 0 Å². The second-order valence-electron chi connectivity index (χ2n) is 0.577. The van der Waals surface area contributed by atoms with Gasteiger partial charge in [0.2, 0.25) is 0 Å². The fourth-order valence-electron chi connectivity index (χ4n) is 0. The van der Waals surface area contributed by atoms with E-state index in [9.17, 15) is 0 Å². The Bertz CT molecular complexity index is 6.85. The van der Waals surface area contributed by atoms with Gasteiger partial charge in [0.1, 0.15) is 0 Å². The SMILES string of the molecule is C[CH-]C.[NH2-].[W+2]. The van der Waals surface area contributed by atoms with Crippen molar-refractivity contribution in [2.24, 2.45) is 0 Å². The molecule has 0 aromatic rings. The van der Waals surface area contributed by atoms with E-state index in [4.69, 9.17) is 0 Å². The van der Waals surface area contributed by atoms with Crippen LogP contribution in [0.4, 0.5) is 0 Å². The van der Waals surface area contributed by atoms with Crippen molar-refractivity contribution in [1.29, 1.82) is 0 Å². The minimum absolute atomic E-state index is 0. The molecule has 32 valence electrons. The Labute approximate surface area is 48.0 Å². The summed E-state index contributed by atoms with van der Waals surface area (Å²) in [5, 5.41) is 0. The van der Waals surface area contributed by atoms with Gasteiger partial charge in [0.25, 0.3) is 0 Å². The molecule has 5 heavy (non-hydrogen) atoms. The molecule has 0 aliphatic carbocycles. The Balaban J connectivity index is -0.0000000200. The monoisotopic (exact) mass is 243 g/mol. The van der Waals surface area contributed by atoms with Gasteiger partial charge >= 0.3 is 21.1 Å². The van der Waals surface area contributed by atoms with Gasteiger partial charge < -0.3 is 12.6 Å². The van der Waals surface area contributed by atoms with Gasteiger partial charge in [-0.05, 0) is 0 Å². The molecule has 0 aromatic heterocycles. The normalized spacial score (nSPS) is 3.60. The van der Waals surface area contributed by atoms with Crippen LogP contribution < -0.4 is 0 Å². The van der Waals surface area contributed by atoms with Gasteiger partial charge in [-0.1, -0.05) is 0 Å². The number of rotatable bonds is 0. The number of hydrogen-bond donors (Lipinski definition) is 0. The van der Waals surface area contributed by atoms with E-state index >= 15 is 0 Å². The van der Waals surface area contributed by atoms with Crippen molar-refractivity contribution in [3.63, 3.8) is 0 Å². The van der Waals surface area contributed by atoms with Crippen molar-refractivity contribution in [3.8, 4) is 0 Å². The molecule has 0 aromatic carbocycles. The zero-order valence-corrected chi connectivity index (χ0v) is 6.50. The summed E-state index contributed by atoms with van der Waals surface area (Å²) < 4.78 is 0. The molecule has 0 radical (unpaired) electrons. The molecule has 0 saturated heterocycles. The summed E-state index contributed by atoms with van der Waals surface area (Å²) in [5.74, 6) is 0. The molecule has 0 spiro atoms. The molecular formula is C3H9NW. The van der Waals surface area contributed by atoms with E-state index in [0.29, 0.717) is 0 Å². The third kappa shape index (κ3) is 77.6. The van der Waals surface area contributed by atoms with E-state index in [-0.39, 0.29) is 27.2 Å². The van der Waals surface area contributed by atoms with E-state index in [1.54, 1.807) is 0 Å². The molecule has 0 amide bonds. The third-order valence-electron chi connectivity index (χ3n) is 0. The van der Waals surface area contributed by atoms with Crippen LogP contribution in [0.15, 0.2) is 0 Å². The number of nitrogens with two attached hydrogens (primary N) is 1. The van der Waals surface area contributed by atoms with Crippen molar-refractivity contribution in [2.45, 2.75) is 13.8 Å². The van der Waals surface area contributed by atoms with Crippen molar-refractivity contribution in [3.05, 3.63) is 12.6 Å². The number of hydrogen-bond acceptors (Lipinski definition) is 0. The molecule has 1 nitrogen and oxygen atoms in total. The van der Waals surface area contributed by atoms with Crippen LogP contribution in [0.25, 0.3) is 6.15 Å². The first kappa shape index (κ1) is 17.4. The minimum atomic E-state index is 0. The summed E-state index contributed by atoms with van der Waals surface area (Å²) in [6, 6.07) is 0. The first-order valence-electron chi connectivity index (χ1n) is 1.15. The van der Waals surface area contributed by atoms with Crippen LogP contribution in [0.3, 0.4) is 0 Å². The second kappa shape index (κ2) is 22.8. The molecular weight excluding hydrogens is 234 g/mol. The quantitative estimate of drug-likeness (QED) is 0.582. The predicted octanol–water partition coefficient (Wildman–Crippen LogP) is 1.95. The summed E-state index contributed by atoms with van der Waals surface area (Å²) in [5.41, 5.74) is 0. The maximum atomic E-state index is 2.00. The molecule has 0 atom stereocenters. The molecule has 0 rings (SSSR count). The van der Waals surface area contributed by atoms with Crippen LogP contribution in [-0.4, -0.2) is 0 Å². The van der Waals surface area contributed by atoms with Gasteiger partial charge in [-0.2, -0.15) is 13.8 Å². The smallest absolute Gasteiger partial charge is 0.693 e. The fraction of sp³-hybridized carbons (Fsp3) is 0.667. The zero-order chi connectivity index (χ0) is 2.71. The Morgan fingerprint density at radius 3 is 1.20 bits per heavy atom. The second-order valence-corrected chi connectivity index (χ2v) is 0.577. The maximum absolute atomic E-state index is 2.00. The van der Waals surface area contributed by atoms with Crippen LogP contribution in [0.5, 0.6) is 0 Å². The van der Waals surface area contributed by atoms with Crippen molar-refractivity contribution in [2.75, 3.05) is 0 Å². The topological polar surface area (TPSA) is 33.5 Å². The van der Waals surface area contributed by atoms with Gasteiger partial charge in [0.15, 0.2) is 0 Å². The van der Waals surface area contributed by atoms with E-state index < -0.39 is 0 Å². The van der Waals surface area contributed by atoms with Gasteiger partial charge in [-0.3, -0.25) is 0 Å².